The molecule has 3 atom stereocenters. The van der Waals surface area contributed by atoms with Gasteiger partial charge in [0.15, 0.2) is 11.7 Å². The Hall–Kier alpha value is -2.39. The monoisotopic (exact) mass is 616 g/mol. The van der Waals surface area contributed by atoms with E-state index >= 15 is 0 Å². The molecule has 3 unspecified atom stereocenters. The van der Waals surface area contributed by atoms with Crippen molar-refractivity contribution < 1.29 is 30.8 Å². The van der Waals surface area contributed by atoms with Crippen LogP contribution < -0.4 is 10.0 Å². The number of halogens is 2. The predicted molar refractivity (Wildman–Crippen MR) is 145 cm³/mol. The van der Waals surface area contributed by atoms with Gasteiger partial charge in [-0.05, 0) is 35.9 Å². The highest BCUT2D eigenvalue weighted by Gasteiger charge is 2.51. The van der Waals surface area contributed by atoms with Crippen LogP contribution in [0.3, 0.4) is 0 Å². The summed E-state index contributed by atoms with van der Waals surface area (Å²) < 4.78 is 69.3. The molecule has 1 saturated carbocycles. The van der Waals surface area contributed by atoms with Crippen LogP contribution in [0.25, 0.3) is 0 Å². The molecule has 15 heteroatoms. The van der Waals surface area contributed by atoms with E-state index in [4.69, 9.17) is 11.6 Å². The predicted octanol–water partition coefficient (Wildman–Crippen LogP) is 3.28. The maximum atomic E-state index is 13.9. The molecule has 3 heterocycles. The number of benzene rings is 1. The van der Waals surface area contributed by atoms with Gasteiger partial charge in [-0.2, -0.15) is 8.42 Å². The first-order valence-electron chi connectivity index (χ1n) is 12.3. The fourth-order valence-corrected chi connectivity index (χ4v) is 8.75. The van der Waals surface area contributed by atoms with E-state index < -0.39 is 49.6 Å². The van der Waals surface area contributed by atoms with Gasteiger partial charge in [-0.1, -0.05) is 36.9 Å². The molecule has 1 aliphatic carbocycles. The first-order chi connectivity index (χ1) is 18.4. The number of sulfonamides is 2. The third kappa shape index (κ3) is 5.62. The molecule has 0 spiro atoms. The molecule has 2 aliphatic heterocycles. The highest BCUT2D eigenvalue weighted by atomic mass is 35.5. The minimum atomic E-state index is -4.35. The average Bonchev–Trinajstić information content (AvgIpc) is 3.10. The lowest BCUT2D eigenvalue weighted by Gasteiger charge is -2.43. The number of piperidine rings is 1. The first-order valence-corrected chi connectivity index (χ1v) is 16.9. The summed E-state index contributed by atoms with van der Waals surface area (Å²) in [7, 11) is -7.93. The molecule has 210 valence electrons. The van der Waals surface area contributed by atoms with Crippen LogP contribution in [0.15, 0.2) is 32.9 Å². The van der Waals surface area contributed by atoms with E-state index in [1.54, 1.807) is 4.90 Å². The van der Waals surface area contributed by atoms with Crippen LogP contribution in [0.5, 0.6) is 0 Å². The van der Waals surface area contributed by atoms with Crippen molar-refractivity contribution in [3.8, 4) is 0 Å². The van der Waals surface area contributed by atoms with Gasteiger partial charge in [0.25, 0.3) is 10.0 Å². The van der Waals surface area contributed by atoms with Crippen molar-refractivity contribution in [3.63, 3.8) is 0 Å². The Morgan fingerprint density at radius 3 is 2.67 bits per heavy atom. The van der Waals surface area contributed by atoms with Gasteiger partial charge in [0.05, 0.1) is 6.26 Å². The van der Waals surface area contributed by atoms with E-state index in [1.807, 2.05) is 0 Å². The van der Waals surface area contributed by atoms with Gasteiger partial charge >= 0.3 is 0 Å². The Morgan fingerprint density at radius 2 is 1.95 bits per heavy atom. The third-order valence-corrected chi connectivity index (χ3v) is 10.8. The molecule has 2 N–H and O–H groups in total. The average molecular weight is 617 g/mol. The van der Waals surface area contributed by atoms with Crippen molar-refractivity contribution in [1.29, 1.82) is 0 Å². The molecule has 3 aliphatic rings. The highest BCUT2D eigenvalue weighted by Crippen LogP contribution is 2.41. The van der Waals surface area contributed by atoms with Crippen molar-refractivity contribution in [2.45, 2.75) is 56.1 Å². The molecule has 0 bridgehead atoms. The van der Waals surface area contributed by atoms with Gasteiger partial charge in [-0.3, -0.25) is 9.59 Å². The zero-order valence-corrected chi connectivity index (χ0v) is 24.0. The van der Waals surface area contributed by atoms with Gasteiger partial charge in [0, 0.05) is 35.6 Å². The van der Waals surface area contributed by atoms with Crippen LogP contribution in [-0.4, -0.2) is 51.6 Å². The zero-order valence-electron chi connectivity index (χ0n) is 20.8. The number of carbonyl (C=O) groups is 2. The van der Waals surface area contributed by atoms with Gasteiger partial charge in [0.1, 0.15) is 21.5 Å². The summed E-state index contributed by atoms with van der Waals surface area (Å²) in [4.78, 5) is 29.1. The highest BCUT2D eigenvalue weighted by molar-refractivity contribution is 7.91. The number of likely N-dealkylation sites (tertiary alicyclic amines) is 1. The second-order valence-electron chi connectivity index (χ2n) is 9.94. The molecule has 10 nitrogen and oxygen atoms in total. The Labute approximate surface area is 234 Å². The summed E-state index contributed by atoms with van der Waals surface area (Å²) in [5.41, 5.74) is 0.714. The topological polar surface area (TPSA) is 142 Å². The molecular formula is C24H26ClFN4O6S3. The largest absolute Gasteiger partial charge is 0.334 e. The van der Waals surface area contributed by atoms with Crippen molar-refractivity contribution in [2.75, 3.05) is 11.6 Å². The number of amides is 1. The quantitative estimate of drug-likeness (QED) is 0.474. The third-order valence-electron chi connectivity index (χ3n) is 7.25. The lowest BCUT2D eigenvalue weighted by atomic mass is 9.77. The van der Waals surface area contributed by atoms with E-state index in [-0.39, 0.29) is 45.2 Å². The van der Waals surface area contributed by atoms with E-state index in [2.05, 4.69) is 14.4 Å². The number of fused-ring (bicyclic) bond motifs is 2. The first kappa shape index (κ1) is 28.1. The summed E-state index contributed by atoms with van der Waals surface area (Å²) in [6.07, 6.45) is 4.64. The molecule has 0 radical (unpaired) electrons. The van der Waals surface area contributed by atoms with Crippen molar-refractivity contribution in [3.05, 3.63) is 45.5 Å². The smallest absolute Gasteiger partial charge is 0.287 e. The van der Waals surface area contributed by atoms with Gasteiger partial charge in [0.2, 0.25) is 15.9 Å². The standard InChI is InChI=1S/C24H26ClFN4O6S3/c1-38(33,34)27-10-14-12-37-23-21(14)39(35,36)29-22(28-23)19-20(31)16-5-3-2-4-6-18(16)30(24(19)32)11-13-7-8-15(26)9-17(13)25/h7-9,12,16,18-19,27H,2-6,10-11H2,1H3,(H,28,29). The van der Waals surface area contributed by atoms with E-state index in [0.717, 1.165) is 42.9 Å². The summed E-state index contributed by atoms with van der Waals surface area (Å²) in [6.45, 7) is -0.220. The molecule has 2 fully saturated rings. The SMILES string of the molecule is CS(=O)(=O)NCc1csc2c1S(=O)(=O)N=C(C1C(=O)C3CCCCCC3N(Cc3ccc(F)cc3Cl)C1=O)N2. The van der Waals surface area contributed by atoms with Crippen LogP contribution in [0, 0.1) is 17.7 Å². The van der Waals surface area contributed by atoms with Gasteiger partial charge in [-0.15, -0.1) is 15.7 Å². The lowest BCUT2D eigenvalue weighted by Crippen LogP contribution is -2.59. The molecule has 1 amide bonds. The fourth-order valence-electron chi connectivity index (χ4n) is 5.46. The minimum absolute atomic E-state index is 0.0362. The zero-order chi connectivity index (χ0) is 28.1. The number of nitrogens with one attached hydrogen (secondary N) is 2. The second-order valence-corrected chi connectivity index (χ2v) is 14.6. The molecule has 1 aromatic heterocycles. The normalized spacial score (nSPS) is 24.8. The van der Waals surface area contributed by atoms with Crippen LogP contribution in [-0.2, 0) is 42.7 Å². The lowest BCUT2D eigenvalue weighted by molar-refractivity contribution is -0.151. The van der Waals surface area contributed by atoms with Crippen molar-refractivity contribution in [1.82, 2.24) is 9.62 Å². The fraction of sp³-hybridized carbons (Fsp3) is 0.458. The van der Waals surface area contributed by atoms with Crippen molar-refractivity contribution in [2.24, 2.45) is 16.2 Å². The number of rotatable bonds is 6. The number of ketones is 1. The Balaban J connectivity index is 1.51. The van der Waals surface area contributed by atoms with E-state index in [1.165, 1.54) is 17.5 Å². The summed E-state index contributed by atoms with van der Waals surface area (Å²) in [6, 6.07) is 3.51. The van der Waals surface area contributed by atoms with Crippen LogP contribution in [0.2, 0.25) is 5.02 Å². The van der Waals surface area contributed by atoms with Crippen LogP contribution in [0.4, 0.5) is 9.39 Å². The second kappa shape index (κ2) is 10.5. The van der Waals surface area contributed by atoms with Gasteiger partial charge in [-0.25, -0.2) is 17.5 Å². The molecule has 5 rings (SSSR count). The van der Waals surface area contributed by atoms with E-state index in [0.29, 0.717) is 18.4 Å². The Kier molecular flexibility index (Phi) is 7.61. The van der Waals surface area contributed by atoms with Gasteiger partial charge < -0.3 is 10.2 Å². The molecular weight excluding hydrogens is 591 g/mol. The minimum Gasteiger partial charge on any atom is -0.334 e. The van der Waals surface area contributed by atoms with E-state index in [9.17, 15) is 30.8 Å². The number of anilines is 1. The number of nitrogens with zero attached hydrogens (tertiary/aromatic N) is 2. The number of amidine groups is 1. The number of thiophene rings is 1. The number of hydrogen-bond donors (Lipinski definition) is 2. The maximum absolute atomic E-state index is 13.9. The summed E-state index contributed by atoms with van der Waals surface area (Å²) in [5, 5.41) is 4.67. The summed E-state index contributed by atoms with van der Waals surface area (Å²) in [5.74, 6) is -3.75. The Morgan fingerprint density at radius 1 is 1.21 bits per heavy atom. The summed E-state index contributed by atoms with van der Waals surface area (Å²) >= 11 is 7.28. The molecule has 1 saturated heterocycles. The Bertz CT molecular complexity index is 1590. The maximum Gasteiger partial charge on any atom is 0.287 e. The van der Waals surface area contributed by atoms with Crippen LogP contribution >= 0.6 is 22.9 Å². The molecule has 1 aromatic carbocycles. The molecule has 2 aromatic rings. The number of Topliss-reactive ketones (excluding diaryl/α,β-unsaturated/α-hetero) is 1. The van der Waals surface area contributed by atoms with Crippen molar-refractivity contribution >= 4 is 65.5 Å². The van der Waals surface area contributed by atoms with Crippen LogP contribution in [0.1, 0.15) is 43.2 Å². The number of hydrogen-bond acceptors (Lipinski definition) is 8. The molecule has 39 heavy (non-hydrogen) atoms. The number of carbonyl (C=O) groups excluding carboxylic acids is 2.